The quantitative estimate of drug-likeness (QED) is 0.914. The van der Waals surface area contributed by atoms with Crippen LogP contribution in [0.15, 0.2) is 24.3 Å². The van der Waals surface area contributed by atoms with E-state index >= 15 is 0 Å². The molecule has 1 amide bonds. The molecule has 1 aliphatic heterocycles. The molecule has 1 aromatic carbocycles. The van der Waals surface area contributed by atoms with E-state index in [9.17, 15) is 9.59 Å². The van der Waals surface area contributed by atoms with Crippen LogP contribution in [-0.4, -0.2) is 40.6 Å². The van der Waals surface area contributed by atoms with E-state index in [2.05, 4.69) is 0 Å². The van der Waals surface area contributed by atoms with Gasteiger partial charge in [0.25, 0.3) is 0 Å². The molecule has 0 radical (unpaired) electrons. The molecule has 1 saturated heterocycles. The zero-order valence-electron chi connectivity index (χ0n) is 10.4. The molecule has 1 aliphatic rings. The molecule has 1 N–H and O–H groups in total. The normalized spacial score (nSPS) is 23.5. The highest BCUT2D eigenvalue weighted by molar-refractivity contribution is 6.30. The summed E-state index contributed by atoms with van der Waals surface area (Å²) in [6.45, 7) is 1.59. The van der Waals surface area contributed by atoms with Gasteiger partial charge in [0.2, 0.25) is 5.91 Å². The first-order chi connectivity index (χ1) is 8.90. The highest BCUT2D eigenvalue weighted by atomic mass is 35.5. The first-order valence-corrected chi connectivity index (χ1v) is 6.18. The molecule has 19 heavy (non-hydrogen) atoms. The van der Waals surface area contributed by atoms with Crippen LogP contribution in [0.3, 0.4) is 0 Å². The van der Waals surface area contributed by atoms with Crippen molar-refractivity contribution in [3.8, 4) is 0 Å². The molecule has 0 saturated carbocycles. The van der Waals surface area contributed by atoms with E-state index in [0.29, 0.717) is 11.6 Å². The monoisotopic (exact) mass is 283 g/mol. The summed E-state index contributed by atoms with van der Waals surface area (Å²) in [4.78, 5) is 24.4. The number of carboxylic acid groups (broad SMARTS) is 1. The summed E-state index contributed by atoms with van der Waals surface area (Å²) in [6.07, 6.45) is 0. The fourth-order valence-corrected chi connectivity index (χ4v) is 2.15. The second-order valence-electron chi connectivity index (χ2n) is 4.70. The number of rotatable bonds is 3. The van der Waals surface area contributed by atoms with Crippen molar-refractivity contribution < 1.29 is 19.4 Å². The lowest BCUT2D eigenvalue weighted by atomic mass is 10.0. The third kappa shape index (κ3) is 3.05. The van der Waals surface area contributed by atoms with Crippen LogP contribution in [0.1, 0.15) is 12.5 Å². The van der Waals surface area contributed by atoms with Gasteiger partial charge in [0.15, 0.2) is 5.60 Å². The topological polar surface area (TPSA) is 66.8 Å². The Morgan fingerprint density at radius 1 is 1.58 bits per heavy atom. The van der Waals surface area contributed by atoms with Gasteiger partial charge < -0.3 is 14.7 Å². The number of ether oxygens (including phenoxy) is 1. The highest BCUT2D eigenvalue weighted by Gasteiger charge is 2.42. The SMILES string of the molecule is CC1(C(=O)O)CN(Cc2cccc(Cl)c2)C(=O)CO1. The summed E-state index contributed by atoms with van der Waals surface area (Å²) in [6, 6.07) is 7.13. The summed E-state index contributed by atoms with van der Waals surface area (Å²) < 4.78 is 5.11. The molecule has 0 aromatic heterocycles. The van der Waals surface area contributed by atoms with Crippen molar-refractivity contribution in [2.24, 2.45) is 0 Å². The maximum Gasteiger partial charge on any atom is 0.337 e. The number of morpholine rings is 1. The summed E-state index contributed by atoms with van der Waals surface area (Å²) >= 11 is 5.88. The summed E-state index contributed by atoms with van der Waals surface area (Å²) in [5, 5.41) is 9.71. The van der Waals surface area contributed by atoms with E-state index in [-0.39, 0.29) is 19.1 Å². The van der Waals surface area contributed by atoms with Crippen molar-refractivity contribution >= 4 is 23.5 Å². The second-order valence-corrected chi connectivity index (χ2v) is 5.14. The average Bonchev–Trinajstić information content (AvgIpc) is 2.34. The molecule has 1 atom stereocenters. The highest BCUT2D eigenvalue weighted by Crippen LogP contribution is 2.21. The summed E-state index contributed by atoms with van der Waals surface area (Å²) in [7, 11) is 0. The number of halogens is 1. The molecule has 1 aromatic rings. The van der Waals surface area contributed by atoms with Crippen LogP contribution in [0, 0.1) is 0 Å². The Labute approximate surface area is 115 Å². The standard InChI is InChI=1S/C13H14ClNO4/c1-13(12(17)18)8-15(11(16)7-19-13)6-9-3-2-4-10(14)5-9/h2-5H,6-8H2,1H3,(H,17,18). The van der Waals surface area contributed by atoms with E-state index in [1.807, 2.05) is 6.07 Å². The van der Waals surface area contributed by atoms with Crippen molar-refractivity contribution in [2.45, 2.75) is 19.1 Å². The van der Waals surface area contributed by atoms with Gasteiger partial charge in [0, 0.05) is 11.6 Å². The van der Waals surface area contributed by atoms with E-state index in [4.69, 9.17) is 21.4 Å². The Hall–Kier alpha value is -1.59. The maximum atomic E-state index is 11.8. The van der Waals surface area contributed by atoms with Crippen LogP contribution in [0.5, 0.6) is 0 Å². The molecule has 5 nitrogen and oxygen atoms in total. The molecule has 102 valence electrons. The van der Waals surface area contributed by atoms with Crippen molar-refractivity contribution in [3.05, 3.63) is 34.9 Å². The molecule has 0 bridgehead atoms. The van der Waals surface area contributed by atoms with Gasteiger partial charge in [-0.1, -0.05) is 23.7 Å². The molecule has 1 heterocycles. The Kier molecular flexibility index (Phi) is 3.78. The molecule has 6 heteroatoms. The van der Waals surface area contributed by atoms with E-state index in [1.165, 1.54) is 11.8 Å². The van der Waals surface area contributed by atoms with Crippen molar-refractivity contribution in [3.63, 3.8) is 0 Å². The minimum absolute atomic E-state index is 0.0215. The molecule has 2 rings (SSSR count). The zero-order valence-corrected chi connectivity index (χ0v) is 11.2. The van der Waals surface area contributed by atoms with Crippen LogP contribution >= 0.6 is 11.6 Å². The van der Waals surface area contributed by atoms with Gasteiger partial charge in [-0.3, -0.25) is 4.79 Å². The largest absolute Gasteiger partial charge is 0.479 e. The lowest BCUT2D eigenvalue weighted by Crippen LogP contribution is -2.56. The molecule has 1 unspecified atom stereocenters. The molecular weight excluding hydrogens is 270 g/mol. The summed E-state index contributed by atoms with van der Waals surface area (Å²) in [5.74, 6) is -1.30. The average molecular weight is 284 g/mol. The minimum atomic E-state index is -1.35. The number of carbonyl (C=O) groups excluding carboxylic acids is 1. The lowest BCUT2D eigenvalue weighted by Gasteiger charge is -2.37. The van der Waals surface area contributed by atoms with Crippen LogP contribution in [0.2, 0.25) is 5.02 Å². The lowest BCUT2D eigenvalue weighted by molar-refractivity contribution is -0.182. The first kappa shape index (κ1) is 13.8. The Balaban J connectivity index is 2.14. The smallest absolute Gasteiger partial charge is 0.337 e. The third-order valence-electron chi connectivity index (χ3n) is 3.07. The molecule has 0 spiro atoms. The van der Waals surface area contributed by atoms with Crippen LogP contribution in [0.4, 0.5) is 0 Å². The maximum absolute atomic E-state index is 11.8. The Morgan fingerprint density at radius 2 is 2.32 bits per heavy atom. The van der Waals surface area contributed by atoms with Crippen LogP contribution in [0.25, 0.3) is 0 Å². The number of benzene rings is 1. The third-order valence-corrected chi connectivity index (χ3v) is 3.31. The summed E-state index contributed by atoms with van der Waals surface area (Å²) in [5.41, 5.74) is -0.498. The van der Waals surface area contributed by atoms with Gasteiger partial charge in [-0.15, -0.1) is 0 Å². The number of hydrogen-bond donors (Lipinski definition) is 1. The van der Waals surface area contributed by atoms with E-state index < -0.39 is 11.6 Å². The molecule has 0 aliphatic carbocycles. The predicted octanol–water partition coefficient (Wildman–Crippen LogP) is 1.54. The number of carboxylic acids is 1. The molecule has 1 fully saturated rings. The van der Waals surface area contributed by atoms with Gasteiger partial charge in [0.05, 0.1) is 6.54 Å². The van der Waals surface area contributed by atoms with Crippen molar-refractivity contribution in [1.82, 2.24) is 4.90 Å². The van der Waals surface area contributed by atoms with Gasteiger partial charge >= 0.3 is 5.97 Å². The molecular formula is C13H14ClNO4. The van der Waals surface area contributed by atoms with E-state index in [0.717, 1.165) is 5.56 Å². The number of nitrogens with zero attached hydrogens (tertiary/aromatic N) is 1. The fraction of sp³-hybridized carbons (Fsp3) is 0.385. The first-order valence-electron chi connectivity index (χ1n) is 5.80. The van der Waals surface area contributed by atoms with Crippen LogP contribution in [-0.2, 0) is 20.9 Å². The fourth-order valence-electron chi connectivity index (χ4n) is 1.94. The number of hydrogen-bond acceptors (Lipinski definition) is 3. The van der Waals surface area contributed by atoms with Crippen molar-refractivity contribution in [1.29, 1.82) is 0 Å². The minimum Gasteiger partial charge on any atom is -0.479 e. The van der Waals surface area contributed by atoms with Gasteiger partial charge in [0.1, 0.15) is 6.61 Å². The van der Waals surface area contributed by atoms with Gasteiger partial charge in [-0.25, -0.2) is 4.79 Å². The zero-order chi connectivity index (χ0) is 14.0. The predicted molar refractivity (Wildman–Crippen MR) is 68.9 cm³/mol. The Morgan fingerprint density at radius 3 is 2.95 bits per heavy atom. The number of aliphatic carboxylic acids is 1. The number of amides is 1. The van der Waals surface area contributed by atoms with Crippen LogP contribution < -0.4 is 0 Å². The Bertz CT molecular complexity index is 519. The van der Waals surface area contributed by atoms with Crippen molar-refractivity contribution in [2.75, 3.05) is 13.2 Å². The second kappa shape index (κ2) is 5.19. The number of carbonyl (C=O) groups is 2. The van der Waals surface area contributed by atoms with Gasteiger partial charge in [-0.05, 0) is 24.6 Å². The van der Waals surface area contributed by atoms with Gasteiger partial charge in [-0.2, -0.15) is 0 Å². The van der Waals surface area contributed by atoms with E-state index in [1.54, 1.807) is 18.2 Å².